The second-order valence-electron chi connectivity index (χ2n) is 7.02. The van der Waals surface area contributed by atoms with Gasteiger partial charge in [-0.2, -0.15) is 0 Å². The summed E-state index contributed by atoms with van der Waals surface area (Å²) in [6.07, 6.45) is 0. The van der Waals surface area contributed by atoms with Crippen LogP contribution in [0.5, 0.6) is 0 Å². The number of nitro benzene ring substituents is 1. The molecular formula is C22H20N4O5S. The molecule has 2 aromatic carbocycles. The lowest BCUT2D eigenvalue weighted by Gasteiger charge is -2.30. The van der Waals surface area contributed by atoms with Crippen molar-refractivity contribution in [1.29, 1.82) is 0 Å². The van der Waals surface area contributed by atoms with E-state index in [-0.39, 0.29) is 17.2 Å². The number of anilines is 3. The fraction of sp³-hybridized carbons (Fsp3) is 0.182. The van der Waals surface area contributed by atoms with Crippen LogP contribution in [0.1, 0.15) is 20.0 Å². The van der Waals surface area contributed by atoms with E-state index >= 15 is 0 Å². The van der Waals surface area contributed by atoms with E-state index in [1.807, 2.05) is 10.3 Å². The average molecular weight is 452 g/mol. The van der Waals surface area contributed by atoms with E-state index in [2.05, 4.69) is 10.6 Å². The van der Waals surface area contributed by atoms with Gasteiger partial charge in [0.15, 0.2) is 0 Å². The largest absolute Gasteiger partial charge is 0.378 e. The Kier molecular flexibility index (Phi) is 6.43. The summed E-state index contributed by atoms with van der Waals surface area (Å²) in [5.41, 5.74) is 1.63. The molecule has 164 valence electrons. The van der Waals surface area contributed by atoms with E-state index < -0.39 is 10.8 Å². The van der Waals surface area contributed by atoms with Gasteiger partial charge < -0.3 is 20.3 Å². The summed E-state index contributed by atoms with van der Waals surface area (Å²) in [4.78, 5) is 38.7. The molecule has 0 aliphatic carbocycles. The first-order chi connectivity index (χ1) is 15.5. The molecule has 2 amide bonds. The quantitative estimate of drug-likeness (QED) is 0.432. The predicted molar refractivity (Wildman–Crippen MR) is 123 cm³/mol. The Labute approximate surface area is 187 Å². The number of nitrogens with zero attached hydrogens (tertiary/aromatic N) is 2. The molecule has 4 rings (SSSR count). The molecule has 2 heterocycles. The Balaban J connectivity index is 1.56. The smallest absolute Gasteiger partial charge is 0.270 e. The number of thiophene rings is 1. The number of ether oxygens (including phenoxy) is 1. The standard InChI is InChI=1S/C22H20N4O5S/c27-21(18-14-17(26(29)30)6-7-19(18)25-8-10-31-11-9-25)23-15-3-1-4-16(13-15)24-22(28)20-5-2-12-32-20/h1-7,12-14H,8-11H2,(H,23,27)(H,24,28). The van der Waals surface area contributed by atoms with Crippen molar-refractivity contribution >= 4 is 45.9 Å². The van der Waals surface area contributed by atoms with Crippen LogP contribution in [0.3, 0.4) is 0 Å². The third-order valence-corrected chi connectivity index (χ3v) is 5.78. The van der Waals surface area contributed by atoms with Crippen molar-refractivity contribution in [3.8, 4) is 0 Å². The van der Waals surface area contributed by atoms with Gasteiger partial charge in [-0.15, -0.1) is 11.3 Å². The Bertz CT molecular complexity index is 1140. The van der Waals surface area contributed by atoms with Crippen LogP contribution in [0, 0.1) is 10.1 Å². The Morgan fingerprint density at radius 1 is 0.969 bits per heavy atom. The fourth-order valence-corrected chi connectivity index (χ4v) is 3.99. The van der Waals surface area contributed by atoms with Crippen molar-refractivity contribution in [2.75, 3.05) is 41.8 Å². The number of rotatable bonds is 6. The number of benzene rings is 2. The molecule has 2 N–H and O–H groups in total. The molecule has 1 saturated heterocycles. The van der Waals surface area contributed by atoms with Gasteiger partial charge in [0.05, 0.1) is 34.3 Å². The SMILES string of the molecule is O=C(Nc1cccc(NC(=O)c2cc([N+](=O)[O-])ccc2N2CCOCC2)c1)c1cccs1. The zero-order chi connectivity index (χ0) is 22.5. The van der Waals surface area contributed by atoms with Crippen LogP contribution in [-0.2, 0) is 4.74 Å². The average Bonchev–Trinajstić information content (AvgIpc) is 3.35. The summed E-state index contributed by atoms with van der Waals surface area (Å²) in [7, 11) is 0. The van der Waals surface area contributed by atoms with Crippen LogP contribution >= 0.6 is 11.3 Å². The highest BCUT2D eigenvalue weighted by Gasteiger charge is 2.22. The number of carbonyl (C=O) groups is 2. The number of hydrogen-bond donors (Lipinski definition) is 2. The van der Waals surface area contributed by atoms with E-state index in [0.717, 1.165) is 0 Å². The molecule has 1 fully saturated rings. The topological polar surface area (TPSA) is 114 Å². The van der Waals surface area contributed by atoms with Gasteiger partial charge in [0.2, 0.25) is 0 Å². The van der Waals surface area contributed by atoms with Gasteiger partial charge in [-0.1, -0.05) is 12.1 Å². The second-order valence-corrected chi connectivity index (χ2v) is 7.97. The van der Waals surface area contributed by atoms with E-state index in [0.29, 0.717) is 48.2 Å². The number of morpholine rings is 1. The monoisotopic (exact) mass is 452 g/mol. The third kappa shape index (κ3) is 4.93. The molecule has 0 radical (unpaired) electrons. The maximum atomic E-state index is 13.1. The third-order valence-electron chi connectivity index (χ3n) is 4.91. The number of non-ortho nitro benzene ring substituents is 1. The summed E-state index contributed by atoms with van der Waals surface area (Å²) in [5, 5.41) is 18.7. The van der Waals surface area contributed by atoms with Gasteiger partial charge in [0, 0.05) is 36.6 Å². The van der Waals surface area contributed by atoms with Crippen molar-refractivity contribution in [2.24, 2.45) is 0 Å². The summed E-state index contributed by atoms with van der Waals surface area (Å²) in [6, 6.07) is 14.5. The van der Waals surface area contributed by atoms with Gasteiger partial charge in [0.25, 0.3) is 17.5 Å². The number of nitro groups is 1. The van der Waals surface area contributed by atoms with Crippen LogP contribution in [0.25, 0.3) is 0 Å². The fourth-order valence-electron chi connectivity index (χ4n) is 3.37. The Morgan fingerprint density at radius 2 is 1.69 bits per heavy atom. The van der Waals surface area contributed by atoms with Crippen LogP contribution in [-0.4, -0.2) is 43.0 Å². The molecule has 0 atom stereocenters. The molecule has 0 bridgehead atoms. The Morgan fingerprint density at radius 3 is 2.34 bits per heavy atom. The minimum absolute atomic E-state index is 0.163. The highest BCUT2D eigenvalue weighted by atomic mass is 32.1. The molecular weight excluding hydrogens is 432 g/mol. The van der Waals surface area contributed by atoms with Crippen molar-refractivity contribution in [3.05, 3.63) is 80.5 Å². The van der Waals surface area contributed by atoms with E-state index in [9.17, 15) is 19.7 Å². The summed E-state index contributed by atoms with van der Waals surface area (Å²) in [6.45, 7) is 2.21. The molecule has 0 saturated carbocycles. The maximum absolute atomic E-state index is 13.1. The van der Waals surface area contributed by atoms with Gasteiger partial charge in [0.1, 0.15) is 0 Å². The minimum atomic E-state index is -0.527. The van der Waals surface area contributed by atoms with Crippen molar-refractivity contribution < 1.29 is 19.2 Å². The van der Waals surface area contributed by atoms with E-state index in [4.69, 9.17) is 4.74 Å². The molecule has 32 heavy (non-hydrogen) atoms. The second kappa shape index (κ2) is 9.58. The van der Waals surface area contributed by atoms with Crippen LogP contribution in [0.4, 0.5) is 22.7 Å². The van der Waals surface area contributed by atoms with Crippen molar-refractivity contribution in [2.45, 2.75) is 0 Å². The van der Waals surface area contributed by atoms with E-state index in [1.54, 1.807) is 42.5 Å². The molecule has 1 aliphatic rings. The summed E-state index contributed by atoms with van der Waals surface area (Å²) >= 11 is 1.33. The zero-order valence-electron chi connectivity index (χ0n) is 16.9. The highest BCUT2D eigenvalue weighted by molar-refractivity contribution is 7.12. The normalized spacial score (nSPS) is 13.4. The molecule has 3 aromatic rings. The predicted octanol–water partition coefficient (Wildman–Crippen LogP) is 4.00. The van der Waals surface area contributed by atoms with Gasteiger partial charge >= 0.3 is 0 Å². The first-order valence-corrected chi connectivity index (χ1v) is 10.8. The molecule has 9 nitrogen and oxygen atoms in total. The molecule has 1 aromatic heterocycles. The van der Waals surface area contributed by atoms with Crippen LogP contribution in [0.2, 0.25) is 0 Å². The van der Waals surface area contributed by atoms with Gasteiger partial charge in [-0.3, -0.25) is 19.7 Å². The number of nitrogens with one attached hydrogen (secondary N) is 2. The molecule has 0 spiro atoms. The summed E-state index contributed by atoms with van der Waals surface area (Å²) in [5.74, 6) is -0.714. The lowest BCUT2D eigenvalue weighted by molar-refractivity contribution is -0.384. The molecule has 0 unspecified atom stereocenters. The molecule has 10 heteroatoms. The van der Waals surface area contributed by atoms with Crippen molar-refractivity contribution in [3.63, 3.8) is 0 Å². The Hall–Kier alpha value is -3.76. The lowest BCUT2D eigenvalue weighted by Crippen LogP contribution is -2.37. The highest BCUT2D eigenvalue weighted by Crippen LogP contribution is 2.28. The number of amides is 2. The van der Waals surface area contributed by atoms with Crippen LogP contribution < -0.4 is 15.5 Å². The lowest BCUT2D eigenvalue weighted by atomic mass is 10.1. The summed E-state index contributed by atoms with van der Waals surface area (Å²) < 4.78 is 5.37. The van der Waals surface area contributed by atoms with Crippen LogP contribution in [0.15, 0.2) is 60.0 Å². The number of carbonyl (C=O) groups excluding carboxylic acids is 2. The first kappa shape index (κ1) is 21.5. The van der Waals surface area contributed by atoms with Gasteiger partial charge in [-0.05, 0) is 35.7 Å². The molecule has 1 aliphatic heterocycles. The number of hydrogen-bond acceptors (Lipinski definition) is 7. The maximum Gasteiger partial charge on any atom is 0.270 e. The van der Waals surface area contributed by atoms with Gasteiger partial charge in [-0.25, -0.2) is 0 Å². The van der Waals surface area contributed by atoms with Crippen molar-refractivity contribution in [1.82, 2.24) is 0 Å². The van der Waals surface area contributed by atoms with E-state index in [1.165, 1.54) is 23.5 Å². The zero-order valence-corrected chi connectivity index (χ0v) is 17.8. The minimum Gasteiger partial charge on any atom is -0.378 e. The first-order valence-electron chi connectivity index (χ1n) is 9.88.